The lowest BCUT2D eigenvalue weighted by Gasteiger charge is -2.08. The largest absolute Gasteiger partial charge is 0.370 e. The highest BCUT2D eigenvalue weighted by molar-refractivity contribution is 5.86. The summed E-state index contributed by atoms with van der Waals surface area (Å²) in [6, 6.07) is 1.97. The molecule has 0 atom stereocenters. The number of nitrogens with zero attached hydrogens (tertiary/aromatic N) is 6. The Kier molecular flexibility index (Phi) is 3.09. The average molecular weight is 271 g/mol. The minimum atomic E-state index is 0.554. The minimum absolute atomic E-state index is 0.554. The van der Waals surface area contributed by atoms with Gasteiger partial charge in [-0.1, -0.05) is 0 Å². The maximum Gasteiger partial charge on any atom is 0.163 e. The molecular weight excluding hydrogens is 254 g/mol. The minimum Gasteiger partial charge on any atom is -0.370 e. The maximum atomic E-state index is 4.58. The molecule has 7 heteroatoms. The van der Waals surface area contributed by atoms with E-state index in [1.54, 1.807) is 17.1 Å². The highest BCUT2D eigenvalue weighted by Gasteiger charge is 2.12. The van der Waals surface area contributed by atoms with E-state index in [0.29, 0.717) is 6.54 Å². The zero-order chi connectivity index (χ0) is 14.1. The number of hydrogen-bond donors (Lipinski definition) is 1. The van der Waals surface area contributed by atoms with E-state index in [2.05, 4.69) is 25.5 Å². The molecule has 0 aromatic carbocycles. The molecule has 3 rings (SSSR count). The summed E-state index contributed by atoms with van der Waals surface area (Å²) in [5.41, 5.74) is 1.92. The van der Waals surface area contributed by atoms with Crippen molar-refractivity contribution < 1.29 is 0 Å². The van der Waals surface area contributed by atoms with Gasteiger partial charge in [-0.3, -0.25) is 9.36 Å². The van der Waals surface area contributed by atoms with Gasteiger partial charge in [-0.25, -0.2) is 9.97 Å². The van der Waals surface area contributed by atoms with Crippen molar-refractivity contribution in [3.63, 3.8) is 0 Å². The SMILES string of the molecule is CCNc1nc(Cn2nccc2C)nc2c1cnn2C. The van der Waals surface area contributed by atoms with Gasteiger partial charge in [-0.15, -0.1) is 0 Å². The fraction of sp³-hybridized carbons (Fsp3) is 0.385. The van der Waals surface area contributed by atoms with E-state index in [1.165, 1.54) is 0 Å². The van der Waals surface area contributed by atoms with E-state index in [4.69, 9.17) is 0 Å². The lowest BCUT2D eigenvalue weighted by Crippen LogP contribution is -2.10. The molecule has 7 nitrogen and oxygen atoms in total. The smallest absolute Gasteiger partial charge is 0.163 e. The molecule has 0 amide bonds. The molecule has 1 N–H and O–H groups in total. The Morgan fingerprint density at radius 1 is 1.25 bits per heavy atom. The zero-order valence-corrected chi connectivity index (χ0v) is 11.8. The molecule has 0 spiro atoms. The van der Waals surface area contributed by atoms with Crippen molar-refractivity contribution in [2.75, 3.05) is 11.9 Å². The van der Waals surface area contributed by atoms with Crippen LogP contribution in [0.3, 0.4) is 0 Å². The summed E-state index contributed by atoms with van der Waals surface area (Å²) in [6.07, 6.45) is 3.57. The fourth-order valence-electron chi connectivity index (χ4n) is 2.14. The van der Waals surface area contributed by atoms with Crippen LogP contribution in [0.1, 0.15) is 18.4 Å². The number of fused-ring (bicyclic) bond motifs is 1. The van der Waals surface area contributed by atoms with Crippen LogP contribution in [0.4, 0.5) is 5.82 Å². The second kappa shape index (κ2) is 4.92. The second-order valence-electron chi connectivity index (χ2n) is 4.65. The first-order chi connectivity index (χ1) is 9.69. The molecule has 0 saturated carbocycles. The number of aromatic nitrogens is 6. The molecule has 0 saturated heterocycles. The van der Waals surface area contributed by atoms with Crippen molar-refractivity contribution in [1.29, 1.82) is 0 Å². The summed E-state index contributed by atoms with van der Waals surface area (Å²) in [4.78, 5) is 9.17. The first kappa shape index (κ1) is 12.6. The normalized spacial score (nSPS) is 11.2. The van der Waals surface area contributed by atoms with Crippen LogP contribution in [0.25, 0.3) is 11.0 Å². The van der Waals surface area contributed by atoms with E-state index in [9.17, 15) is 0 Å². The predicted molar refractivity (Wildman–Crippen MR) is 76.5 cm³/mol. The van der Waals surface area contributed by atoms with Gasteiger partial charge in [-0.05, 0) is 19.9 Å². The van der Waals surface area contributed by atoms with Crippen LogP contribution < -0.4 is 5.32 Å². The Hall–Kier alpha value is -2.44. The molecule has 3 aromatic rings. The molecule has 104 valence electrons. The van der Waals surface area contributed by atoms with E-state index in [-0.39, 0.29) is 0 Å². The van der Waals surface area contributed by atoms with Gasteiger partial charge in [-0.2, -0.15) is 10.2 Å². The van der Waals surface area contributed by atoms with Gasteiger partial charge >= 0.3 is 0 Å². The van der Waals surface area contributed by atoms with E-state index >= 15 is 0 Å². The number of nitrogens with one attached hydrogen (secondary N) is 1. The topological polar surface area (TPSA) is 73.5 Å². The lowest BCUT2D eigenvalue weighted by molar-refractivity contribution is 0.637. The zero-order valence-electron chi connectivity index (χ0n) is 11.8. The highest BCUT2D eigenvalue weighted by atomic mass is 15.3. The van der Waals surface area contributed by atoms with Crippen molar-refractivity contribution in [3.8, 4) is 0 Å². The van der Waals surface area contributed by atoms with Gasteiger partial charge in [0, 0.05) is 25.5 Å². The Morgan fingerprint density at radius 2 is 2.10 bits per heavy atom. The summed E-state index contributed by atoms with van der Waals surface area (Å²) in [7, 11) is 1.88. The summed E-state index contributed by atoms with van der Waals surface area (Å²) < 4.78 is 3.64. The lowest BCUT2D eigenvalue weighted by atomic mass is 10.3. The van der Waals surface area contributed by atoms with Crippen LogP contribution in [0.15, 0.2) is 18.5 Å². The van der Waals surface area contributed by atoms with Crippen LogP contribution in [-0.4, -0.2) is 36.1 Å². The third-order valence-corrected chi connectivity index (χ3v) is 3.20. The summed E-state index contributed by atoms with van der Waals surface area (Å²) in [5, 5.41) is 12.7. The molecule has 20 heavy (non-hydrogen) atoms. The Balaban J connectivity index is 2.06. The number of anilines is 1. The van der Waals surface area contributed by atoms with Crippen LogP contribution in [0.2, 0.25) is 0 Å². The molecule has 0 unspecified atom stereocenters. The molecule has 0 fully saturated rings. The summed E-state index contributed by atoms with van der Waals surface area (Å²) in [5.74, 6) is 1.55. The Bertz CT molecular complexity index is 740. The first-order valence-corrected chi connectivity index (χ1v) is 6.60. The Morgan fingerprint density at radius 3 is 2.80 bits per heavy atom. The summed E-state index contributed by atoms with van der Waals surface area (Å²) >= 11 is 0. The summed E-state index contributed by atoms with van der Waals surface area (Å²) in [6.45, 7) is 5.42. The van der Waals surface area contributed by atoms with Crippen LogP contribution in [0.5, 0.6) is 0 Å². The molecule has 3 heterocycles. The second-order valence-corrected chi connectivity index (χ2v) is 4.65. The van der Waals surface area contributed by atoms with Crippen LogP contribution in [-0.2, 0) is 13.6 Å². The molecular formula is C13H17N7. The Labute approximate surface area is 116 Å². The van der Waals surface area contributed by atoms with Gasteiger partial charge in [0.25, 0.3) is 0 Å². The molecule has 3 aromatic heterocycles. The van der Waals surface area contributed by atoms with Crippen molar-refractivity contribution in [1.82, 2.24) is 29.5 Å². The van der Waals surface area contributed by atoms with Gasteiger partial charge in [0.1, 0.15) is 12.4 Å². The monoisotopic (exact) mass is 271 g/mol. The van der Waals surface area contributed by atoms with Gasteiger partial charge < -0.3 is 5.32 Å². The molecule has 0 aliphatic rings. The number of rotatable bonds is 4. The standard InChI is InChI=1S/C13H17N7/c1-4-14-12-10-7-16-19(3)13(10)18-11(17-12)8-20-9(2)5-6-15-20/h5-7H,4,8H2,1-3H3,(H,14,17,18). The van der Waals surface area contributed by atoms with Crippen molar-refractivity contribution in [2.24, 2.45) is 7.05 Å². The van der Waals surface area contributed by atoms with Crippen molar-refractivity contribution in [3.05, 3.63) is 30.0 Å². The van der Waals surface area contributed by atoms with Gasteiger partial charge in [0.15, 0.2) is 11.5 Å². The molecule has 0 bridgehead atoms. The predicted octanol–water partition coefficient (Wildman–Crippen LogP) is 1.35. The molecule has 0 aliphatic carbocycles. The highest BCUT2D eigenvalue weighted by Crippen LogP contribution is 2.19. The molecule has 0 aliphatic heterocycles. The van der Waals surface area contributed by atoms with E-state index in [0.717, 1.165) is 34.9 Å². The maximum absolute atomic E-state index is 4.58. The fourth-order valence-corrected chi connectivity index (χ4v) is 2.14. The van der Waals surface area contributed by atoms with E-state index in [1.807, 2.05) is 31.6 Å². The van der Waals surface area contributed by atoms with Crippen molar-refractivity contribution >= 4 is 16.9 Å². The van der Waals surface area contributed by atoms with Crippen LogP contribution >= 0.6 is 0 Å². The van der Waals surface area contributed by atoms with E-state index < -0.39 is 0 Å². The third kappa shape index (κ3) is 2.11. The number of aryl methyl sites for hydroxylation is 2. The third-order valence-electron chi connectivity index (χ3n) is 3.20. The number of hydrogen-bond acceptors (Lipinski definition) is 5. The van der Waals surface area contributed by atoms with Crippen molar-refractivity contribution in [2.45, 2.75) is 20.4 Å². The quantitative estimate of drug-likeness (QED) is 0.775. The first-order valence-electron chi connectivity index (χ1n) is 6.60. The van der Waals surface area contributed by atoms with Crippen LogP contribution in [0, 0.1) is 6.92 Å². The molecule has 0 radical (unpaired) electrons. The van der Waals surface area contributed by atoms with Gasteiger partial charge in [0.2, 0.25) is 0 Å². The average Bonchev–Trinajstić information content (AvgIpc) is 2.99. The van der Waals surface area contributed by atoms with Gasteiger partial charge in [0.05, 0.1) is 11.6 Å².